The Morgan fingerprint density at radius 3 is 2.55 bits per heavy atom. The number of carbonyl (C=O) groups is 2. The van der Waals surface area contributed by atoms with Gasteiger partial charge in [0.15, 0.2) is 0 Å². The monoisotopic (exact) mass is 281 g/mol. The van der Waals surface area contributed by atoms with Crippen molar-refractivity contribution in [3.63, 3.8) is 0 Å². The third-order valence-corrected chi connectivity index (χ3v) is 4.49. The van der Waals surface area contributed by atoms with E-state index in [-0.39, 0.29) is 29.8 Å². The number of hydrogen-bond acceptors (Lipinski definition) is 3. The zero-order chi connectivity index (χ0) is 14.9. The molecule has 2 aliphatic heterocycles. The molecule has 3 atom stereocenters. The molecular weight excluding hydrogens is 254 g/mol. The molecular formula is C15H27N3O2. The molecule has 2 rings (SSSR count). The van der Waals surface area contributed by atoms with Crippen LogP contribution in [0.1, 0.15) is 33.6 Å². The van der Waals surface area contributed by atoms with Gasteiger partial charge in [-0.3, -0.25) is 9.59 Å². The molecule has 2 saturated heterocycles. The van der Waals surface area contributed by atoms with Crippen molar-refractivity contribution < 1.29 is 9.59 Å². The number of rotatable bonds is 4. The van der Waals surface area contributed by atoms with Crippen LogP contribution in [0.3, 0.4) is 0 Å². The SMILES string of the molecule is CCC1NC(=O)C(C(C)C)N(CC2CCN(C)C2)C1=O. The average Bonchev–Trinajstić information content (AvgIpc) is 2.78. The van der Waals surface area contributed by atoms with Crippen molar-refractivity contribution in [2.75, 3.05) is 26.7 Å². The number of amides is 2. The summed E-state index contributed by atoms with van der Waals surface area (Å²) >= 11 is 0. The molecule has 2 amide bonds. The van der Waals surface area contributed by atoms with Crippen molar-refractivity contribution in [1.82, 2.24) is 15.1 Å². The highest BCUT2D eigenvalue weighted by Gasteiger charge is 2.42. The first kappa shape index (κ1) is 15.3. The Morgan fingerprint density at radius 2 is 2.05 bits per heavy atom. The van der Waals surface area contributed by atoms with Gasteiger partial charge in [-0.1, -0.05) is 20.8 Å². The highest BCUT2D eigenvalue weighted by molar-refractivity contribution is 5.97. The maximum absolute atomic E-state index is 12.6. The van der Waals surface area contributed by atoms with E-state index in [2.05, 4.69) is 17.3 Å². The minimum absolute atomic E-state index is 0.0119. The van der Waals surface area contributed by atoms with Crippen molar-refractivity contribution in [2.24, 2.45) is 11.8 Å². The van der Waals surface area contributed by atoms with Gasteiger partial charge >= 0.3 is 0 Å². The van der Waals surface area contributed by atoms with Gasteiger partial charge in [0, 0.05) is 13.1 Å². The summed E-state index contributed by atoms with van der Waals surface area (Å²) in [5, 5.41) is 2.87. The van der Waals surface area contributed by atoms with Gasteiger partial charge in [0.05, 0.1) is 0 Å². The summed E-state index contributed by atoms with van der Waals surface area (Å²) in [5.74, 6) is 0.752. The zero-order valence-electron chi connectivity index (χ0n) is 13.1. The molecule has 0 aromatic heterocycles. The van der Waals surface area contributed by atoms with Crippen molar-refractivity contribution >= 4 is 11.8 Å². The summed E-state index contributed by atoms with van der Waals surface area (Å²) in [4.78, 5) is 29.0. The molecule has 2 aliphatic rings. The van der Waals surface area contributed by atoms with E-state index in [1.54, 1.807) is 0 Å². The van der Waals surface area contributed by atoms with Crippen LogP contribution in [-0.4, -0.2) is 60.4 Å². The third-order valence-electron chi connectivity index (χ3n) is 4.49. The topological polar surface area (TPSA) is 52.7 Å². The smallest absolute Gasteiger partial charge is 0.245 e. The largest absolute Gasteiger partial charge is 0.343 e. The number of likely N-dealkylation sites (tertiary alicyclic amines) is 1. The molecule has 0 aromatic carbocycles. The van der Waals surface area contributed by atoms with Crippen LogP contribution in [0.15, 0.2) is 0 Å². The third kappa shape index (κ3) is 2.97. The summed E-state index contributed by atoms with van der Waals surface area (Å²) in [6.45, 7) is 8.79. The summed E-state index contributed by atoms with van der Waals surface area (Å²) in [5.41, 5.74) is 0. The van der Waals surface area contributed by atoms with Gasteiger partial charge in [-0.05, 0) is 38.3 Å². The molecule has 0 saturated carbocycles. The van der Waals surface area contributed by atoms with E-state index in [9.17, 15) is 9.59 Å². The van der Waals surface area contributed by atoms with Gasteiger partial charge in [-0.2, -0.15) is 0 Å². The fourth-order valence-corrected chi connectivity index (χ4v) is 3.39. The summed E-state index contributed by atoms with van der Waals surface area (Å²) in [6, 6.07) is -0.646. The second-order valence-corrected chi connectivity index (χ2v) is 6.57. The van der Waals surface area contributed by atoms with Crippen LogP contribution >= 0.6 is 0 Å². The second kappa shape index (κ2) is 6.12. The highest BCUT2D eigenvalue weighted by atomic mass is 16.2. The fraction of sp³-hybridized carbons (Fsp3) is 0.867. The van der Waals surface area contributed by atoms with Crippen LogP contribution in [0.25, 0.3) is 0 Å². The maximum Gasteiger partial charge on any atom is 0.245 e. The van der Waals surface area contributed by atoms with Gasteiger partial charge in [-0.25, -0.2) is 0 Å². The van der Waals surface area contributed by atoms with Crippen LogP contribution < -0.4 is 5.32 Å². The molecule has 2 fully saturated rings. The predicted octanol–water partition coefficient (Wildman–Crippen LogP) is 0.700. The summed E-state index contributed by atoms with van der Waals surface area (Å²) in [7, 11) is 2.11. The van der Waals surface area contributed by atoms with E-state index in [1.165, 1.54) is 0 Å². The molecule has 114 valence electrons. The molecule has 5 heteroatoms. The van der Waals surface area contributed by atoms with Crippen LogP contribution in [-0.2, 0) is 9.59 Å². The molecule has 20 heavy (non-hydrogen) atoms. The normalized spacial score (nSPS) is 32.0. The lowest BCUT2D eigenvalue weighted by Gasteiger charge is -2.41. The van der Waals surface area contributed by atoms with Crippen molar-refractivity contribution in [1.29, 1.82) is 0 Å². The van der Waals surface area contributed by atoms with Crippen molar-refractivity contribution in [3.8, 4) is 0 Å². The molecule has 0 aliphatic carbocycles. The van der Waals surface area contributed by atoms with E-state index in [0.717, 1.165) is 26.1 Å². The summed E-state index contributed by atoms with van der Waals surface area (Å²) in [6.07, 6.45) is 1.78. The van der Waals surface area contributed by atoms with Crippen LogP contribution in [0, 0.1) is 11.8 Å². The second-order valence-electron chi connectivity index (χ2n) is 6.57. The zero-order valence-corrected chi connectivity index (χ0v) is 13.1. The minimum atomic E-state index is -0.336. The highest BCUT2D eigenvalue weighted by Crippen LogP contribution is 2.23. The molecule has 0 spiro atoms. The van der Waals surface area contributed by atoms with Crippen molar-refractivity contribution in [2.45, 2.75) is 45.7 Å². The van der Waals surface area contributed by atoms with E-state index in [1.807, 2.05) is 25.7 Å². The minimum Gasteiger partial charge on any atom is -0.343 e. The first-order chi connectivity index (χ1) is 9.43. The molecule has 0 bridgehead atoms. The number of carbonyl (C=O) groups excluding carboxylic acids is 2. The summed E-state index contributed by atoms with van der Waals surface area (Å²) < 4.78 is 0. The predicted molar refractivity (Wildman–Crippen MR) is 78.2 cm³/mol. The van der Waals surface area contributed by atoms with Gasteiger partial charge in [-0.15, -0.1) is 0 Å². The Bertz CT molecular complexity index is 383. The maximum atomic E-state index is 12.6. The van der Waals surface area contributed by atoms with Crippen molar-refractivity contribution in [3.05, 3.63) is 0 Å². The fourth-order valence-electron chi connectivity index (χ4n) is 3.39. The lowest BCUT2D eigenvalue weighted by atomic mass is 9.94. The van der Waals surface area contributed by atoms with Crippen LogP contribution in [0.4, 0.5) is 0 Å². The number of nitrogens with zero attached hydrogens (tertiary/aromatic N) is 2. The molecule has 0 radical (unpaired) electrons. The van der Waals surface area contributed by atoms with Gasteiger partial charge in [0.25, 0.3) is 0 Å². The Morgan fingerprint density at radius 1 is 1.35 bits per heavy atom. The molecule has 5 nitrogen and oxygen atoms in total. The quantitative estimate of drug-likeness (QED) is 0.825. The number of hydrogen-bond donors (Lipinski definition) is 1. The van der Waals surface area contributed by atoms with Gasteiger partial charge in [0.1, 0.15) is 12.1 Å². The Balaban J connectivity index is 2.14. The van der Waals surface area contributed by atoms with E-state index < -0.39 is 0 Å². The Labute approximate surface area is 121 Å². The van der Waals surface area contributed by atoms with E-state index in [4.69, 9.17) is 0 Å². The standard InChI is InChI=1S/C15H27N3O2/c1-5-12-15(20)18(9-11-6-7-17(4)8-11)13(10(2)3)14(19)16-12/h10-13H,5-9H2,1-4H3,(H,16,19). The lowest BCUT2D eigenvalue weighted by molar-refractivity contribution is -0.152. The average molecular weight is 281 g/mol. The van der Waals surface area contributed by atoms with E-state index >= 15 is 0 Å². The lowest BCUT2D eigenvalue weighted by Crippen LogP contribution is -2.65. The van der Waals surface area contributed by atoms with Crippen LogP contribution in [0.2, 0.25) is 0 Å². The van der Waals surface area contributed by atoms with E-state index in [0.29, 0.717) is 12.3 Å². The Hall–Kier alpha value is -1.10. The first-order valence-electron chi connectivity index (χ1n) is 7.73. The molecule has 3 unspecified atom stereocenters. The Kier molecular flexibility index (Phi) is 4.68. The number of nitrogens with one attached hydrogen (secondary N) is 1. The first-order valence-corrected chi connectivity index (χ1v) is 7.73. The van der Waals surface area contributed by atoms with Crippen LogP contribution in [0.5, 0.6) is 0 Å². The molecule has 0 aromatic rings. The molecule has 2 heterocycles. The van der Waals surface area contributed by atoms with Gasteiger partial charge < -0.3 is 15.1 Å². The van der Waals surface area contributed by atoms with Gasteiger partial charge in [0.2, 0.25) is 11.8 Å². The molecule has 1 N–H and O–H groups in total. The number of piperazine rings is 1.